The molecule has 5 heteroatoms. The summed E-state index contributed by atoms with van der Waals surface area (Å²) in [4.78, 5) is 5.91. The van der Waals surface area contributed by atoms with E-state index in [1.165, 1.54) is 30.5 Å². The van der Waals surface area contributed by atoms with E-state index in [-0.39, 0.29) is 0 Å². The van der Waals surface area contributed by atoms with Gasteiger partial charge in [-0.05, 0) is 48.4 Å². The van der Waals surface area contributed by atoms with E-state index in [1.807, 2.05) is 36.4 Å². The number of nitrogens with zero attached hydrogens (tertiary/aromatic N) is 2. The van der Waals surface area contributed by atoms with E-state index >= 15 is 0 Å². The Labute approximate surface area is 171 Å². The highest BCUT2D eigenvalue weighted by Crippen LogP contribution is 2.27. The second-order valence-electron chi connectivity index (χ2n) is 6.63. The highest BCUT2D eigenvalue weighted by Gasteiger charge is 2.09. The normalized spacial score (nSPS) is 11.6. The molecule has 0 atom stereocenters. The summed E-state index contributed by atoms with van der Waals surface area (Å²) in [6, 6.07) is 16.1. The van der Waals surface area contributed by atoms with E-state index < -0.39 is 0 Å². The average molecular weight is 397 g/mol. The maximum Gasteiger partial charge on any atom is 0.190 e. The average Bonchev–Trinajstić information content (AvgIpc) is 3.14. The molecule has 0 aliphatic heterocycles. The number of para-hydroxylation sites is 2. The molecule has 28 heavy (non-hydrogen) atoms. The topological polar surface area (TPSA) is 35.8 Å². The van der Waals surface area contributed by atoms with Gasteiger partial charge in [0, 0.05) is 11.9 Å². The van der Waals surface area contributed by atoms with Crippen LogP contribution in [0.3, 0.4) is 0 Å². The maximum atomic E-state index is 5.48. The fourth-order valence-electron chi connectivity index (χ4n) is 3.15. The second-order valence-corrected chi connectivity index (χ2v) is 7.46. The molecule has 3 aromatic rings. The molecule has 1 aromatic heterocycles. The molecule has 3 rings (SSSR count). The Morgan fingerprint density at radius 2 is 1.71 bits per heavy atom. The van der Waals surface area contributed by atoms with Gasteiger partial charge in [0.15, 0.2) is 4.80 Å². The molecular formula is C23H28N2O2S. The van der Waals surface area contributed by atoms with Gasteiger partial charge in [0.2, 0.25) is 0 Å². The maximum absolute atomic E-state index is 5.48. The predicted octanol–water partition coefficient (Wildman–Crippen LogP) is 6.05. The van der Waals surface area contributed by atoms with E-state index in [0.29, 0.717) is 0 Å². The van der Waals surface area contributed by atoms with Crippen LogP contribution in [0.2, 0.25) is 0 Å². The number of ether oxygens (including phenoxy) is 2. The van der Waals surface area contributed by atoms with E-state index in [2.05, 4.69) is 29.0 Å². The first-order valence-electron chi connectivity index (χ1n) is 9.77. The summed E-state index contributed by atoms with van der Waals surface area (Å²) in [6.07, 6.45) is 4.88. The number of hydrogen-bond donors (Lipinski definition) is 0. The molecule has 0 fully saturated rings. The zero-order chi connectivity index (χ0) is 19.8. The zero-order valence-electron chi connectivity index (χ0n) is 16.9. The fourth-order valence-corrected chi connectivity index (χ4v) is 4.10. The standard InChI is InChI=1S/C23H28N2O2S/c1-4-5-6-9-16-25-21(18-12-14-19(26-2)15-13-18)17-28-23(25)24-20-10-7-8-11-22(20)27-3/h7-8,10-15,17H,4-6,9,16H2,1-3H3. The van der Waals surface area contributed by atoms with Gasteiger partial charge in [-0.15, -0.1) is 11.3 Å². The third-order valence-electron chi connectivity index (χ3n) is 4.72. The van der Waals surface area contributed by atoms with Crippen LogP contribution in [0.15, 0.2) is 58.9 Å². The minimum atomic E-state index is 0.791. The lowest BCUT2D eigenvalue weighted by molar-refractivity contribution is 0.415. The van der Waals surface area contributed by atoms with Crippen molar-refractivity contribution in [2.24, 2.45) is 4.99 Å². The summed E-state index contributed by atoms with van der Waals surface area (Å²) < 4.78 is 13.1. The molecule has 0 spiro atoms. The van der Waals surface area contributed by atoms with Crippen LogP contribution >= 0.6 is 11.3 Å². The van der Waals surface area contributed by atoms with Gasteiger partial charge in [0.25, 0.3) is 0 Å². The van der Waals surface area contributed by atoms with Crippen LogP contribution in [0.1, 0.15) is 32.6 Å². The van der Waals surface area contributed by atoms with Crippen molar-refractivity contribution >= 4 is 17.0 Å². The number of thiazole rings is 1. The second kappa shape index (κ2) is 10.1. The number of methoxy groups -OCH3 is 2. The minimum Gasteiger partial charge on any atom is -0.497 e. The van der Waals surface area contributed by atoms with Crippen molar-refractivity contribution in [1.29, 1.82) is 0 Å². The summed E-state index contributed by atoms with van der Waals surface area (Å²) in [6.45, 7) is 3.20. The van der Waals surface area contributed by atoms with E-state index in [0.717, 1.165) is 35.0 Å². The fraction of sp³-hybridized carbons (Fsp3) is 0.348. The Kier molecular flexibility index (Phi) is 7.31. The molecular weight excluding hydrogens is 368 g/mol. The summed E-state index contributed by atoms with van der Waals surface area (Å²) in [7, 11) is 3.38. The highest BCUT2D eigenvalue weighted by molar-refractivity contribution is 7.07. The van der Waals surface area contributed by atoms with Crippen molar-refractivity contribution in [2.75, 3.05) is 14.2 Å². The molecule has 0 bridgehead atoms. The van der Waals surface area contributed by atoms with Crippen LogP contribution in [0, 0.1) is 0 Å². The number of aromatic nitrogens is 1. The molecule has 0 radical (unpaired) electrons. The van der Waals surface area contributed by atoms with Gasteiger partial charge in [-0.3, -0.25) is 0 Å². The quantitative estimate of drug-likeness (QED) is 0.413. The Morgan fingerprint density at radius 3 is 2.43 bits per heavy atom. The van der Waals surface area contributed by atoms with Crippen molar-refractivity contribution in [3.8, 4) is 22.8 Å². The smallest absolute Gasteiger partial charge is 0.190 e. The van der Waals surface area contributed by atoms with Crippen molar-refractivity contribution < 1.29 is 9.47 Å². The lowest BCUT2D eigenvalue weighted by atomic mass is 10.1. The summed E-state index contributed by atoms with van der Waals surface area (Å²) in [5.74, 6) is 1.66. The Morgan fingerprint density at radius 1 is 0.929 bits per heavy atom. The van der Waals surface area contributed by atoms with Gasteiger partial charge in [0.1, 0.15) is 17.2 Å². The van der Waals surface area contributed by atoms with Crippen LogP contribution in [0.25, 0.3) is 11.3 Å². The predicted molar refractivity (Wildman–Crippen MR) is 117 cm³/mol. The molecule has 0 N–H and O–H groups in total. The SMILES string of the molecule is CCCCCCn1c(-c2ccc(OC)cc2)csc1=Nc1ccccc1OC. The molecule has 0 amide bonds. The van der Waals surface area contributed by atoms with Gasteiger partial charge >= 0.3 is 0 Å². The molecule has 0 aliphatic carbocycles. The van der Waals surface area contributed by atoms with Gasteiger partial charge in [-0.1, -0.05) is 38.3 Å². The Bertz CT molecular complexity index is 942. The van der Waals surface area contributed by atoms with Crippen molar-refractivity contribution in [3.05, 3.63) is 58.7 Å². The largest absolute Gasteiger partial charge is 0.497 e. The van der Waals surface area contributed by atoms with Crippen molar-refractivity contribution in [3.63, 3.8) is 0 Å². The Balaban J connectivity index is 2.01. The van der Waals surface area contributed by atoms with Crippen LogP contribution < -0.4 is 14.3 Å². The molecule has 0 aliphatic rings. The van der Waals surface area contributed by atoms with Gasteiger partial charge in [-0.25, -0.2) is 4.99 Å². The zero-order valence-corrected chi connectivity index (χ0v) is 17.7. The van der Waals surface area contributed by atoms with Crippen LogP contribution in [0.5, 0.6) is 11.5 Å². The first-order valence-corrected chi connectivity index (χ1v) is 10.6. The molecule has 1 heterocycles. The van der Waals surface area contributed by atoms with Crippen LogP contribution in [0.4, 0.5) is 5.69 Å². The monoisotopic (exact) mass is 396 g/mol. The molecule has 148 valence electrons. The van der Waals surface area contributed by atoms with Gasteiger partial charge in [0.05, 0.1) is 19.9 Å². The first-order chi connectivity index (χ1) is 13.8. The lowest BCUT2D eigenvalue weighted by Gasteiger charge is -2.10. The van der Waals surface area contributed by atoms with E-state index in [4.69, 9.17) is 14.5 Å². The summed E-state index contributed by atoms with van der Waals surface area (Å²) >= 11 is 1.67. The van der Waals surface area contributed by atoms with Gasteiger partial charge < -0.3 is 14.0 Å². The Hall–Kier alpha value is -2.53. The van der Waals surface area contributed by atoms with Crippen molar-refractivity contribution in [1.82, 2.24) is 4.57 Å². The lowest BCUT2D eigenvalue weighted by Crippen LogP contribution is -2.16. The van der Waals surface area contributed by atoms with E-state index in [1.54, 1.807) is 25.6 Å². The molecule has 4 nitrogen and oxygen atoms in total. The number of benzene rings is 2. The minimum absolute atomic E-state index is 0.791. The molecule has 0 saturated carbocycles. The summed E-state index contributed by atoms with van der Waals surface area (Å²) in [5, 5.41) is 2.19. The number of hydrogen-bond acceptors (Lipinski definition) is 4. The molecule has 2 aromatic carbocycles. The highest BCUT2D eigenvalue weighted by atomic mass is 32.1. The van der Waals surface area contributed by atoms with Crippen LogP contribution in [-0.4, -0.2) is 18.8 Å². The third kappa shape index (κ3) is 4.84. The molecule has 0 saturated heterocycles. The number of unbranched alkanes of at least 4 members (excludes halogenated alkanes) is 3. The molecule has 0 unspecified atom stereocenters. The van der Waals surface area contributed by atoms with Gasteiger partial charge in [-0.2, -0.15) is 0 Å². The van der Waals surface area contributed by atoms with Crippen LogP contribution in [-0.2, 0) is 6.54 Å². The summed E-state index contributed by atoms with van der Waals surface area (Å²) in [5.41, 5.74) is 3.22. The van der Waals surface area contributed by atoms with Crippen molar-refractivity contribution in [2.45, 2.75) is 39.2 Å². The number of rotatable bonds is 9. The third-order valence-corrected chi connectivity index (χ3v) is 5.58. The van der Waals surface area contributed by atoms with E-state index in [9.17, 15) is 0 Å². The first kappa shape index (κ1) is 20.2.